The van der Waals surface area contributed by atoms with Gasteiger partial charge in [0.25, 0.3) is 0 Å². The minimum atomic E-state index is -0.975. The Kier molecular flexibility index (Phi) is 7.95. The molecule has 1 N–H and O–H groups in total. The Morgan fingerprint density at radius 2 is 1.91 bits per heavy atom. The number of nitrogens with zero attached hydrogens (tertiary/aromatic N) is 4. The molecular weight excluding hydrogens is 452 g/mol. The number of piperidine rings is 1. The monoisotopic (exact) mass is 484 g/mol. The number of carbonyl (C=O) groups excluding carboxylic acids is 2. The van der Waals surface area contributed by atoms with Gasteiger partial charge in [-0.2, -0.15) is 0 Å². The van der Waals surface area contributed by atoms with Crippen molar-refractivity contribution in [2.75, 3.05) is 18.0 Å². The van der Waals surface area contributed by atoms with Crippen LogP contribution in [0.2, 0.25) is 0 Å². The van der Waals surface area contributed by atoms with E-state index in [4.69, 9.17) is 5.11 Å². The molecule has 8 nitrogen and oxygen atoms in total. The van der Waals surface area contributed by atoms with Crippen molar-refractivity contribution in [2.24, 2.45) is 0 Å². The van der Waals surface area contributed by atoms with E-state index < -0.39 is 5.97 Å². The van der Waals surface area contributed by atoms with Crippen LogP contribution in [-0.2, 0) is 27.5 Å². The van der Waals surface area contributed by atoms with Crippen molar-refractivity contribution >= 4 is 34.8 Å². The van der Waals surface area contributed by atoms with E-state index >= 15 is 0 Å². The van der Waals surface area contributed by atoms with E-state index in [0.717, 1.165) is 48.5 Å². The van der Waals surface area contributed by atoms with Gasteiger partial charge < -0.3 is 14.9 Å². The van der Waals surface area contributed by atoms with E-state index in [1.165, 1.54) is 0 Å². The highest BCUT2D eigenvalue weighted by Crippen LogP contribution is 2.32. The zero-order valence-corrected chi connectivity index (χ0v) is 20.4. The first-order valence-corrected chi connectivity index (χ1v) is 12.8. The van der Waals surface area contributed by atoms with Crippen molar-refractivity contribution in [3.63, 3.8) is 0 Å². The van der Waals surface area contributed by atoms with E-state index in [0.29, 0.717) is 19.6 Å². The number of carboxylic acid groups (broad SMARTS) is 1. The molecule has 2 aromatic rings. The molecule has 1 aromatic heterocycles. The highest BCUT2D eigenvalue weighted by Gasteiger charge is 2.35. The molecule has 3 heterocycles. The van der Waals surface area contributed by atoms with Crippen LogP contribution in [-0.4, -0.2) is 62.8 Å². The molecule has 2 unspecified atom stereocenters. The normalized spacial score (nSPS) is 21.4. The van der Waals surface area contributed by atoms with Gasteiger partial charge in [-0.3, -0.25) is 19.3 Å². The topological polar surface area (TPSA) is 94.0 Å². The quantitative estimate of drug-likeness (QED) is 0.698. The van der Waals surface area contributed by atoms with Gasteiger partial charge in [0.2, 0.25) is 11.8 Å². The van der Waals surface area contributed by atoms with Crippen LogP contribution < -0.4 is 4.90 Å². The molecule has 4 rings (SSSR count). The summed E-state index contributed by atoms with van der Waals surface area (Å²) in [6.45, 7) is 3.81. The summed E-state index contributed by atoms with van der Waals surface area (Å²) >= 11 is 1.63. The lowest BCUT2D eigenvalue weighted by Gasteiger charge is -2.43. The first-order valence-electron chi connectivity index (χ1n) is 11.9. The van der Waals surface area contributed by atoms with E-state index in [1.54, 1.807) is 23.2 Å². The largest absolute Gasteiger partial charge is 0.481 e. The van der Waals surface area contributed by atoms with Crippen LogP contribution in [0.15, 0.2) is 35.8 Å². The molecule has 1 saturated heterocycles. The Balaban J connectivity index is 1.70. The van der Waals surface area contributed by atoms with Crippen molar-refractivity contribution in [3.05, 3.63) is 46.4 Å². The number of para-hydroxylation sites is 1. The van der Waals surface area contributed by atoms with Gasteiger partial charge in [-0.15, -0.1) is 11.3 Å². The second-order valence-electron chi connectivity index (χ2n) is 9.09. The molecule has 0 aliphatic carbocycles. The highest BCUT2D eigenvalue weighted by molar-refractivity contribution is 7.09. The summed E-state index contributed by atoms with van der Waals surface area (Å²) in [7, 11) is 0. The van der Waals surface area contributed by atoms with Gasteiger partial charge in [-0.1, -0.05) is 24.6 Å². The molecule has 2 amide bonds. The number of benzene rings is 1. The van der Waals surface area contributed by atoms with E-state index in [1.807, 2.05) is 40.7 Å². The Bertz CT molecular complexity index is 1010. The van der Waals surface area contributed by atoms with Crippen LogP contribution in [0.5, 0.6) is 0 Å². The zero-order valence-electron chi connectivity index (χ0n) is 19.6. The van der Waals surface area contributed by atoms with E-state index in [9.17, 15) is 14.4 Å². The first kappa shape index (κ1) is 24.3. The van der Waals surface area contributed by atoms with Gasteiger partial charge in [-0.25, -0.2) is 4.98 Å². The number of carboxylic acids is 1. The predicted molar refractivity (Wildman–Crippen MR) is 130 cm³/mol. The van der Waals surface area contributed by atoms with Crippen LogP contribution in [0.4, 0.5) is 5.69 Å². The van der Waals surface area contributed by atoms with Crippen LogP contribution in [0.25, 0.3) is 0 Å². The Labute approximate surface area is 204 Å². The molecule has 2 aliphatic heterocycles. The molecule has 1 fully saturated rings. The number of amides is 2. The molecule has 0 radical (unpaired) electrons. The Morgan fingerprint density at radius 1 is 1.12 bits per heavy atom. The molecule has 1 aromatic carbocycles. The van der Waals surface area contributed by atoms with Gasteiger partial charge >= 0.3 is 5.97 Å². The average molecular weight is 485 g/mol. The summed E-state index contributed by atoms with van der Waals surface area (Å²) in [5.74, 6) is -1.16. The second-order valence-corrected chi connectivity index (χ2v) is 10.1. The molecule has 9 heteroatoms. The highest BCUT2D eigenvalue weighted by atomic mass is 32.1. The lowest BCUT2D eigenvalue weighted by Crippen LogP contribution is -2.52. The smallest absolute Gasteiger partial charge is 0.303 e. The number of aromatic nitrogens is 1. The van der Waals surface area contributed by atoms with Crippen molar-refractivity contribution in [2.45, 2.75) is 70.6 Å². The fourth-order valence-corrected chi connectivity index (χ4v) is 5.81. The molecule has 2 bridgehead atoms. The average Bonchev–Trinajstić information content (AvgIpc) is 3.32. The molecule has 34 heavy (non-hydrogen) atoms. The number of aliphatic carboxylic acids is 1. The summed E-state index contributed by atoms with van der Waals surface area (Å²) in [5, 5.41) is 12.2. The van der Waals surface area contributed by atoms with Gasteiger partial charge in [0.15, 0.2) is 0 Å². The first-order chi connectivity index (χ1) is 16.4. The number of thiazole rings is 1. The Hall–Kier alpha value is -2.78. The van der Waals surface area contributed by atoms with Gasteiger partial charge in [-0.05, 0) is 30.9 Å². The summed E-state index contributed by atoms with van der Waals surface area (Å²) in [6.07, 6.45) is 5.53. The molecule has 182 valence electrons. The lowest BCUT2D eigenvalue weighted by atomic mass is 9.92. The molecule has 0 spiro atoms. The van der Waals surface area contributed by atoms with Crippen molar-refractivity contribution in [3.8, 4) is 0 Å². The SMILES string of the molecule is CC(=O)N1CCC2CCCC(CN(C(=O)CCC(=O)O)Cc3ccccc31)N2Cc1nccs1. The summed E-state index contributed by atoms with van der Waals surface area (Å²) in [6, 6.07) is 8.18. The lowest BCUT2D eigenvalue weighted by molar-refractivity contribution is -0.141. The van der Waals surface area contributed by atoms with Crippen LogP contribution in [0.1, 0.15) is 56.0 Å². The number of carbonyl (C=O) groups is 3. The Morgan fingerprint density at radius 3 is 2.65 bits per heavy atom. The molecular formula is C25H32N4O4S. The third-order valence-corrected chi connectivity index (χ3v) is 7.62. The molecule has 2 atom stereocenters. The minimum Gasteiger partial charge on any atom is -0.481 e. The standard InChI is InChI=1S/C25H32N4O4S/c1-18(30)28-13-11-20-6-4-7-21(29(20)17-23-26-12-14-34-23)16-27(24(31)9-10-25(32)33)15-19-5-2-3-8-22(19)28/h2-3,5,8,12,14,20-21H,4,6-7,9-11,13,15-17H2,1H3,(H,32,33). The van der Waals surface area contributed by atoms with Crippen molar-refractivity contribution in [1.29, 1.82) is 0 Å². The summed E-state index contributed by atoms with van der Waals surface area (Å²) < 4.78 is 0. The van der Waals surface area contributed by atoms with Crippen LogP contribution in [0.3, 0.4) is 0 Å². The van der Waals surface area contributed by atoms with E-state index in [2.05, 4.69) is 9.88 Å². The fraction of sp³-hybridized carbons (Fsp3) is 0.520. The predicted octanol–water partition coefficient (Wildman–Crippen LogP) is 3.52. The minimum absolute atomic E-state index is 0.0192. The number of anilines is 1. The van der Waals surface area contributed by atoms with Gasteiger partial charge in [0.1, 0.15) is 5.01 Å². The van der Waals surface area contributed by atoms with Crippen molar-refractivity contribution < 1.29 is 19.5 Å². The zero-order chi connectivity index (χ0) is 24.1. The summed E-state index contributed by atoms with van der Waals surface area (Å²) in [4.78, 5) is 47.6. The maximum atomic E-state index is 13.2. The number of rotatable bonds is 5. The third-order valence-electron chi connectivity index (χ3n) is 6.86. The molecule has 0 saturated carbocycles. The number of hydrogen-bond acceptors (Lipinski definition) is 6. The van der Waals surface area contributed by atoms with Crippen LogP contribution >= 0.6 is 11.3 Å². The maximum absolute atomic E-state index is 13.2. The van der Waals surface area contributed by atoms with E-state index in [-0.39, 0.29) is 36.7 Å². The van der Waals surface area contributed by atoms with Crippen LogP contribution in [0, 0.1) is 0 Å². The van der Waals surface area contributed by atoms with Gasteiger partial charge in [0.05, 0.1) is 13.0 Å². The number of hydrogen-bond donors (Lipinski definition) is 1. The fourth-order valence-electron chi connectivity index (χ4n) is 5.19. The van der Waals surface area contributed by atoms with Gasteiger partial charge in [0, 0.05) is 62.3 Å². The number of fused-ring (bicyclic) bond motifs is 3. The third kappa shape index (κ3) is 5.82. The maximum Gasteiger partial charge on any atom is 0.303 e. The second kappa shape index (κ2) is 11.1. The van der Waals surface area contributed by atoms with Crippen molar-refractivity contribution in [1.82, 2.24) is 14.8 Å². The molecule has 2 aliphatic rings. The summed E-state index contributed by atoms with van der Waals surface area (Å²) in [5.41, 5.74) is 1.73.